The summed E-state index contributed by atoms with van der Waals surface area (Å²) in [5.74, 6) is -4.86. The van der Waals surface area contributed by atoms with Crippen molar-refractivity contribution in [1.29, 1.82) is 0 Å². The van der Waals surface area contributed by atoms with Crippen molar-refractivity contribution < 1.29 is 117 Å². The topological polar surface area (TPSA) is 512 Å². The van der Waals surface area contributed by atoms with E-state index in [0.29, 0.717) is 38.5 Å². The average molecular weight is 1290 g/mol. The molecule has 36 heteroatoms. The third-order valence-electron chi connectivity index (χ3n) is 11.0. The largest absolute Gasteiger partial charge is 0.480 e. The molecule has 0 bridgehead atoms. The molecule has 0 aliphatic carbocycles. The van der Waals surface area contributed by atoms with E-state index in [2.05, 4.69) is 40.6 Å². The molecule has 3 rings (SSSR count). The number of hydrogen-bond donors (Lipinski definition) is 8. The van der Waals surface area contributed by atoms with Gasteiger partial charge in [-0.2, -0.15) is 0 Å². The van der Waals surface area contributed by atoms with E-state index >= 15 is 0 Å². The number of nitrogens with one attached hydrogen (secondary N) is 4. The van der Waals surface area contributed by atoms with Crippen LogP contribution in [0.2, 0.25) is 0 Å². The minimum Gasteiger partial charge on any atom is -0.480 e. The molecule has 3 aromatic rings. The van der Waals surface area contributed by atoms with Crippen LogP contribution in [-0.2, 0) is 81.5 Å². The molecule has 4 unspecified atom stereocenters. The minimum atomic E-state index is -1.18. The Hall–Kier alpha value is -10.4. The first-order valence-electron chi connectivity index (χ1n) is 27.6. The lowest BCUT2D eigenvalue weighted by Crippen LogP contribution is -2.42. The number of carboxylic acids is 4. The Morgan fingerprint density at radius 1 is 0.389 bits per heavy atom. The smallest absolute Gasteiger partial charge is 0.407 e. The maximum Gasteiger partial charge on any atom is 0.407 e. The summed E-state index contributed by atoms with van der Waals surface area (Å²) in [6, 6.07) is 22.5. The van der Waals surface area contributed by atoms with Crippen LogP contribution in [-0.4, -0.2) is 172 Å². The first-order valence-corrected chi connectivity index (χ1v) is 27.6. The summed E-state index contributed by atoms with van der Waals surface area (Å²) >= 11 is 0. The zero-order valence-electron chi connectivity index (χ0n) is 49.3. The summed E-state index contributed by atoms with van der Waals surface area (Å²) in [6.45, 7) is 3.30. The molecule has 0 aliphatic rings. The quantitative estimate of drug-likeness (QED) is 0.0163. The van der Waals surface area contributed by atoms with Gasteiger partial charge >= 0.3 is 42.2 Å². The number of unbranched alkanes of at least 4 members (excludes halogenated alkanes) is 4. The first-order chi connectivity index (χ1) is 42.8. The van der Waals surface area contributed by atoms with Crippen LogP contribution >= 0.6 is 0 Å². The summed E-state index contributed by atoms with van der Waals surface area (Å²) in [7, 11) is 0. The van der Waals surface area contributed by atoms with Crippen molar-refractivity contribution in [2.75, 3.05) is 59.5 Å². The summed E-state index contributed by atoms with van der Waals surface area (Å²) < 4.78 is 19.5. The molecule has 90 heavy (non-hydrogen) atoms. The third kappa shape index (κ3) is 46.8. The number of aliphatic carboxylic acids is 4. The van der Waals surface area contributed by atoms with Crippen LogP contribution in [0, 0.1) is 46.4 Å². The van der Waals surface area contributed by atoms with Gasteiger partial charge in [0.1, 0.15) is 37.4 Å². The number of nitrogens with zero attached hydrogens (tertiary/aromatic N) is 4. The molecule has 8 N–H and O–H groups in total. The van der Waals surface area contributed by atoms with Gasteiger partial charge in [-0.05, 0) is 67.6 Å². The molecule has 0 aromatic heterocycles. The van der Waals surface area contributed by atoms with E-state index in [4.69, 9.17) is 34.3 Å². The van der Waals surface area contributed by atoms with Crippen molar-refractivity contribution in [1.82, 2.24) is 21.3 Å². The number of amides is 4. The lowest BCUT2D eigenvalue weighted by molar-refractivity contribution is -0.758. The molecule has 0 saturated heterocycles. The Labute approximate surface area is 514 Å². The molecule has 0 heterocycles. The molecule has 3 aromatic carbocycles. The van der Waals surface area contributed by atoms with Crippen LogP contribution in [0.1, 0.15) is 88.3 Å². The van der Waals surface area contributed by atoms with Gasteiger partial charge in [0.15, 0.2) is 0 Å². The fraction of sp³-hybridized carbons (Fsp3) is 0.519. The molecule has 500 valence electrons. The maximum atomic E-state index is 11.7. The SMILES string of the molecule is CC(C)CC(NC(=O)CCCO[N+](=O)[O-])C(=O)O.O=C(NC(Cc1ccccc1)C(=O)O)OCCCCCCO[N+](=O)[O-].O=C(NC(Cc1ccccc1)C(=O)O)OCCCCO[N+](=O)[O-].O=C(NC(Cc1ccccc1)C(=O)O)OCCOCCO[N+](=O)[O-]. The Morgan fingerprint density at radius 2 is 0.689 bits per heavy atom. The number of benzene rings is 3. The molecular formula is C54H76N8O28. The van der Waals surface area contributed by atoms with Crippen molar-refractivity contribution >= 4 is 48.1 Å². The highest BCUT2D eigenvalue weighted by Crippen LogP contribution is 2.09. The molecule has 0 spiro atoms. The molecule has 0 fully saturated rings. The number of carbonyl (C=O) groups is 8. The lowest BCUT2D eigenvalue weighted by atomic mass is 10.0. The first kappa shape index (κ1) is 79.6. The zero-order chi connectivity index (χ0) is 67.5. The van der Waals surface area contributed by atoms with Gasteiger partial charge in [-0.3, -0.25) is 4.79 Å². The van der Waals surface area contributed by atoms with E-state index in [1.165, 1.54) is 0 Å². The summed E-state index contributed by atoms with van der Waals surface area (Å²) in [4.78, 5) is 146. The van der Waals surface area contributed by atoms with Crippen LogP contribution in [0.15, 0.2) is 91.0 Å². The highest BCUT2D eigenvalue weighted by Gasteiger charge is 2.24. The summed E-state index contributed by atoms with van der Waals surface area (Å²) in [6.07, 6.45) is 1.72. The van der Waals surface area contributed by atoms with Crippen molar-refractivity contribution in [3.63, 3.8) is 0 Å². The van der Waals surface area contributed by atoms with E-state index in [-0.39, 0.29) is 97.5 Å². The van der Waals surface area contributed by atoms with Gasteiger partial charge in [0.2, 0.25) is 5.91 Å². The number of alkyl carbamates (subject to hydrolysis) is 3. The third-order valence-corrected chi connectivity index (χ3v) is 11.0. The predicted octanol–water partition coefficient (Wildman–Crippen LogP) is 4.80. The second-order valence-corrected chi connectivity index (χ2v) is 18.7. The zero-order valence-corrected chi connectivity index (χ0v) is 49.3. The normalized spacial score (nSPS) is 11.5. The molecular weight excluding hydrogens is 1210 g/mol. The Kier molecular flexibility index (Phi) is 43.9. The van der Waals surface area contributed by atoms with Crippen molar-refractivity contribution in [3.8, 4) is 0 Å². The fourth-order valence-electron chi connectivity index (χ4n) is 6.87. The van der Waals surface area contributed by atoms with E-state index in [1.807, 2.05) is 26.0 Å². The van der Waals surface area contributed by atoms with Crippen LogP contribution in [0.4, 0.5) is 14.4 Å². The lowest BCUT2D eigenvalue weighted by Gasteiger charge is -2.16. The van der Waals surface area contributed by atoms with Gasteiger partial charge in [0, 0.05) is 25.7 Å². The van der Waals surface area contributed by atoms with Crippen LogP contribution < -0.4 is 21.3 Å². The maximum absolute atomic E-state index is 11.7. The van der Waals surface area contributed by atoms with Gasteiger partial charge in [-0.15, -0.1) is 40.5 Å². The van der Waals surface area contributed by atoms with E-state index < -0.39 is 92.6 Å². The minimum absolute atomic E-state index is 0.00425. The highest BCUT2D eigenvalue weighted by molar-refractivity contribution is 5.84. The van der Waals surface area contributed by atoms with Gasteiger partial charge in [-0.25, -0.2) is 33.6 Å². The van der Waals surface area contributed by atoms with Crippen molar-refractivity contribution in [2.45, 2.75) is 115 Å². The molecule has 36 nitrogen and oxygen atoms in total. The van der Waals surface area contributed by atoms with E-state index in [0.717, 1.165) is 23.1 Å². The van der Waals surface area contributed by atoms with Gasteiger partial charge in [0.05, 0.1) is 46.2 Å². The monoisotopic (exact) mass is 1280 g/mol. The highest BCUT2D eigenvalue weighted by atomic mass is 17.0. The Bertz CT molecular complexity index is 2610. The van der Waals surface area contributed by atoms with Crippen LogP contribution in [0.25, 0.3) is 0 Å². The van der Waals surface area contributed by atoms with Gasteiger partial charge < -0.3 is 80.0 Å². The second-order valence-electron chi connectivity index (χ2n) is 18.7. The number of carboxylic acid groups (broad SMARTS) is 4. The standard InChI is InChI=1S/C16H22N2O7.C14H18N2O8.C14H18N2O7.C10H18N2O6/c19-15(20)14(12-13-8-4-3-5-9-13)17-16(21)24-10-6-1-2-7-11-25-18(22)23;17-13(18)12(10-11-4-2-1-3-5-11)15-14(19)23-8-6-22-7-9-24-16(20)21;17-13(18)12(10-11-6-2-1-3-7-11)15-14(19)22-8-4-5-9-23-16(20)21;1-7(2)6-8(10(14)15)11-9(13)4-3-5-18-12(16)17/h3-5,8-9,14H,1-2,6-7,10-12H2,(H,17,21)(H,19,20);1-5,12H,6-10H2,(H,15,19)(H,17,18);1-3,6-7,12H,4-5,8-10H2,(H,15,19)(H,17,18);7-8H,3-6H2,1-2H3,(H,11,13)(H,14,15). The Morgan fingerprint density at radius 3 is 1.03 bits per heavy atom. The average Bonchev–Trinajstić information content (AvgIpc) is 3.70. The number of ether oxygens (including phenoxy) is 4. The number of hydrogen-bond acceptors (Lipinski definition) is 24. The molecule has 4 atom stereocenters. The number of rotatable bonds is 42. The molecule has 0 radical (unpaired) electrons. The number of carbonyl (C=O) groups excluding carboxylic acids is 4. The molecule has 0 aliphatic heterocycles. The van der Waals surface area contributed by atoms with Gasteiger partial charge in [-0.1, -0.05) is 111 Å². The second kappa shape index (κ2) is 49.7. The van der Waals surface area contributed by atoms with Crippen molar-refractivity contribution in [2.24, 2.45) is 5.92 Å². The summed E-state index contributed by atoms with van der Waals surface area (Å²) in [5, 5.41) is 81.5. The van der Waals surface area contributed by atoms with Crippen LogP contribution in [0.5, 0.6) is 0 Å². The van der Waals surface area contributed by atoms with Crippen LogP contribution in [0.3, 0.4) is 0 Å². The van der Waals surface area contributed by atoms with E-state index in [9.17, 15) is 83.9 Å². The molecule has 4 amide bonds. The predicted molar refractivity (Wildman–Crippen MR) is 307 cm³/mol. The Balaban J connectivity index is 0.00000118. The molecule has 0 saturated carbocycles. The van der Waals surface area contributed by atoms with Gasteiger partial charge in [0.25, 0.3) is 20.3 Å². The van der Waals surface area contributed by atoms with E-state index in [1.54, 1.807) is 78.9 Å². The van der Waals surface area contributed by atoms with Crippen molar-refractivity contribution in [3.05, 3.63) is 148 Å². The fourth-order valence-corrected chi connectivity index (χ4v) is 6.87. The summed E-state index contributed by atoms with van der Waals surface area (Å²) in [5.41, 5.74) is 2.34.